The first-order chi connectivity index (χ1) is 10.3. The molecule has 0 spiro atoms. The zero-order valence-electron chi connectivity index (χ0n) is 14.9. The van der Waals surface area contributed by atoms with Crippen molar-refractivity contribution in [1.29, 1.82) is 0 Å². The third-order valence-corrected chi connectivity index (χ3v) is 3.57. The molecule has 0 aromatic heterocycles. The first-order valence-electron chi connectivity index (χ1n) is 8.19. The predicted octanol–water partition coefficient (Wildman–Crippen LogP) is 3.50. The topological polar surface area (TPSA) is 59.1 Å². The van der Waals surface area contributed by atoms with Gasteiger partial charge in [0.05, 0.1) is 0 Å². The summed E-state index contributed by atoms with van der Waals surface area (Å²) in [6.07, 6.45) is 2.58. The van der Waals surface area contributed by atoms with Crippen molar-refractivity contribution in [2.24, 2.45) is 0 Å². The second-order valence-electron chi connectivity index (χ2n) is 5.65. The Morgan fingerprint density at radius 3 is 1.77 bits per heavy atom. The first kappa shape index (κ1) is 20.5. The molecule has 6 nitrogen and oxygen atoms in total. The highest BCUT2D eigenvalue weighted by Gasteiger charge is 2.18. The lowest BCUT2D eigenvalue weighted by Gasteiger charge is -2.24. The number of rotatable bonds is 9. The van der Waals surface area contributed by atoms with E-state index >= 15 is 0 Å². The predicted molar refractivity (Wildman–Crippen MR) is 87.0 cm³/mol. The molecular formula is C16H32N2O4. The molecular weight excluding hydrogens is 284 g/mol. The maximum absolute atomic E-state index is 11.9. The summed E-state index contributed by atoms with van der Waals surface area (Å²) in [5.74, 6) is 0. The van der Waals surface area contributed by atoms with Crippen LogP contribution in [0.3, 0.4) is 0 Å². The monoisotopic (exact) mass is 316 g/mol. The van der Waals surface area contributed by atoms with E-state index in [4.69, 9.17) is 9.47 Å². The Hall–Kier alpha value is -1.46. The second kappa shape index (κ2) is 11.2. The summed E-state index contributed by atoms with van der Waals surface area (Å²) in [6, 6.07) is 0. The minimum atomic E-state index is -0.359. The summed E-state index contributed by atoms with van der Waals surface area (Å²) in [6.45, 7) is 8.73. The van der Waals surface area contributed by atoms with Crippen molar-refractivity contribution in [2.45, 2.75) is 65.6 Å². The number of ether oxygens (including phenoxy) is 2. The molecule has 0 aromatic rings. The van der Waals surface area contributed by atoms with E-state index in [9.17, 15) is 9.59 Å². The minimum Gasteiger partial charge on any atom is -0.446 e. The molecule has 0 saturated heterocycles. The lowest BCUT2D eigenvalue weighted by atomic mass is 10.2. The summed E-state index contributed by atoms with van der Waals surface area (Å²) in [5, 5.41) is 0. The average Bonchev–Trinajstić information content (AvgIpc) is 2.49. The van der Waals surface area contributed by atoms with Gasteiger partial charge in [0.15, 0.2) is 0 Å². The van der Waals surface area contributed by atoms with Gasteiger partial charge in [-0.2, -0.15) is 0 Å². The standard InChI is InChI=1S/C16H32N2O4/c1-7-10-13(4)21-15(19)17(5)11-12-18(6)16(20)22-14(8-2)9-3/h13-14H,7-12H2,1-6H3. The number of hydrogen-bond acceptors (Lipinski definition) is 4. The van der Waals surface area contributed by atoms with Crippen LogP contribution < -0.4 is 0 Å². The van der Waals surface area contributed by atoms with E-state index in [0.717, 1.165) is 25.7 Å². The molecule has 0 heterocycles. The minimum absolute atomic E-state index is 0.0486. The molecule has 0 aromatic carbocycles. The van der Waals surface area contributed by atoms with E-state index in [1.165, 1.54) is 9.80 Å². The number of hydrogen-bond donors (Lipinski definition) is 0. The second-order valence-corrected chi connectivity index (χ2v) is 5.65. The van der Waals surface area contributed by atoms with E-state index in [2.05, 4.69) is 6.92 Å². The molecule has 0 N–H and O–H groups in total. The number of carbonyl (C=O) groups excluding carboxylic acids is 2. The third kappa shape index (κ3) is 8.10. The zero-order chi connectivity index (χ0) is 17.1. The fourth-order valence-corrected chi connectivity index (χ4v) is 1.90. The van der Waals surface area contributed by atoms with Crippen LogP contribution in [0.2, 0.25) is 0 Å². The Morgan fingerprint density at radius 2 is 1.36 bits per heavy atom. The molecule has 0 radical (unpaired) electrons. The highest BCUT2D eigenvalue weighted by atomic mass is 16.6. The van der Waals surface area contributed by atoms with Crippen LogP contribution in [-0.2, 0) is 9.47 Å². The molecule has 0 rings (SSSR count). The van der Waals surface area contributed by atoms with E-state index in [0.29, 0.717) is 13.1 Å². The van der Waals surface area contributed by atoms with Gasteiger partial charge in [-0.15, -0.1) is 0 Å². The van der Waals surface area contributed by atoms with Gasteiger partial charge in [0.2, 0.25) is 0 Å². The van der Waals surface area contributed by atoms with E-state index in [1.807, 2.05) is 20.8 Å². The smallest absolute Gasteiger partial charge is 0.409 e. The van der Waals surface area contributed by atoms with Gasteiger partial charge in [0, 0.05) is 27.2 Å². The molecule has 1 unspecified atom stereocenters. The molecule has 22 heavy (non-hydrogen) atoms. The van der Waals surface area contributed by atoms with Gasteiger partial charge >= 0.3 is 12.2 Å². The SMILES string of the molecule is CCCC(C)OC(=O)N(C)CCN(C)C(=O)OC(CC)CC. The highest BCUT2D eigenvalue weighted by molar-refractivity contribution is 5.68. The lowest BCUT2D eigenvalue weighted by molar-refractivity contribution is 0.0565. The lowest BCUT2D eigenvalue weighted by Crippen LogP contribution is -2.39. The van der Waals surface area contributed by atoms with Gasteiger partial charge in [-0.1, -0.05) is 27.2 Å². The summed E-state index contributed by atoms with van der Waals surface area (Å²) in [7, 11) is 3.34. The molecule has 0 aliphatic carbocycles. The molecule has 130 valence electrons. The van der Waals surface area contributed by atoms with Gasteiger partial charge in [-0.3, -0.25) is 0 Å². The molecule has 0 bridgehead atoms. The highest BCUT2D eigenvalue weighted by Crippen LogP contribution is 2.06. The number of likely N-dealkylation sites (N-methyl/N-ethyl adjacent to an activating group) is 2. The van der Waals surface area contributed by atoms with Crippen LogP contribution >= 0.6 is 0 Å². The molecule has 0 fully saturated rings. The number of carbonyl (C=O) groups is 2. The Kier molecular flexibility index (Phi) is 10.4. The Labute approximate surface area is 134 Å². The van der Waals surface area contributed by atoms with Crippen molar-refractivity contribution in [3.63, 3.8) is 0 Å². The molecule has 0 saturated carbocycles. The molecule has 2 amide bonds. The summed E-state index contributed by atoms with van der Waals surface area (Å²) in [4.78, 5) is 26.7. The summed E-state index contributed by atoms with van der Waals surface area (Å²) < 4.78 is 10.6. The Balaban J connectivity index is 4.14. The van der Waals surface area contributed by atoms with Gasteiger partial charge in [0.1, 0.15) is 12.2 Å². The van der Waals surface area contributed by atoms with Crippen LogP contribution in [0.4, 0.5) is 9.59 Å². The summed E-state index contributed by atoms with van der Waals surface area (Å²) >= 11 is 0. The van der Waals surface area contributed by atoms with Crippen molar-refractivity contribution >= 4 is 12.2 Å². The first-order valence-corrected chi connectivity index (χ1v) is 8.19. The maximum atomic E-state index is 11.9. The van der Waals surface area contributed by atoms with Crippen molar-refractivity contribution in [3.8, 4) is 0 Å². The van der Waals surface area contributed by atoms with Gasteiger partial charge in [-0.25, -0.2) is 9.59 Å². The van der Waals surface area contributed by atoms with Crippen LogP contribution in [0, 0.1) is 0 Å². The molecule has 1 atom stereocenters. The zero-order valence-corrected chi connectivity index (χ0v) is 14.9. The van der Waals surface area contributed by atoms with Gasteiger partial charge in [-0.05, 0) is 26.2 Å². The van der Waals surface area contributed by atoms with Crippen LogP contribution in [0.5, 0.6) is 0 Å². The van der Waals surface area contributed by atoms with Crippen molar-refractivity contribution in [3.05, 3.63) is 0 Å². The van der Waals surface area contributed by atoms with Crippen LogP contribution in [-0.4, -0.2) is 61.4 Å². The van der Waals surface area contributed by atoms with Crippen LogP contribution in [0.25, 0.3) is 0 Å². The maximum Gasteiger partial charge on any atom is 0.409 e. The largest absolute Gasteiger partial charge is 0.446 e. The van der Waals surface area contributed by atoms with Crippen molar-refractivity contribution in [2.75, 3.05) is 27.2 Å². The molecule has 0 aliphatic heterocycles. The third-order valence-electron chi connectivity index (χ3n) is 3.57. The van der Waals surface area contributed by atoms with Crippen LogP contribution in [0.1, 0.15) is 53.4 Å². The van der Waals surface area contributed by atoms with Gasteiger partial charge in [0.25, 0.3) is 0 Å². The van der Waals surface area contributed by atoms with Crippen molar-refractivity contribution < 1.29 is 19.1 Å². The number of amides is 2. The quantitative estimate of drug-likeness (QED) is 0.653. The fraction of sp³-hybridized carbons (Fsp3) is 0.875. The Morgan fingerprint density at radius 1 is 0.909 bits per heavy atom. The normalized spacial score (nSPS) is 12.0. The van der Waals surface area contributed by atoms with Crippen molar-refractivity contribution in [1.82, 2.24) is 9.80 Å². The van der Waals surface area contributed by atoms with E-state index < -0.39 is 0 Å². The van der Waals surface area contributed by atoms with E-state index in [1.54, 1.807) is 14.1 Å². The fourth-order valence-electron chi connectivity index (χ4n) is 1.90. The van der Waals surface area contributed by atoms with Crippen LogP contribution in [0.15, 0.2) is 0 Å². The molecule has 0 aliphatic rings. The van der Waals surface area contributed by atoms with E-state index in [-0.39, 0.29) is 24.4 Å². The summed E-state index contributed by atoms with van der Waals surface area (Å²) in [5.41, 5.74) is 0. The number of nitrogens with zero attached hydrogens (tertiary/aromatic N) is 2. The Bertz CT molecular complexity index is 332. The average molecular weight is 316 g/mol. The van der Waals surface area contributed by atoms with Gasteiger partial charge < -0.3 is 19.3 Å². The molecule has 6 heteroatoms.